The van der Waals surface area contributed by atoms with E-state index in [4.69, 9.17) is 15.9 Å². The van der Waals surface area contributed by atoms with Gasteiger partial charge in [-0.2, -0.15) is 0 Å². The van der Waals surface area contributed by atoms with Crippen molar-refractivity contribution in [3.8, 4) is 0 Å². The van der Waals surface area contributed by atoms with Gasteiger partial charge in [0.15, 0.2) is 0 Å². The SMILES string of the molecule is Cc1cccc(C(=N)N)c1SC1CCOCC1. The van der Waals surface area contributed by atoms with Crippen molar-refractivity contribution >= 4 is 17.6 Å². The van der Waals surface area contributed by atoms with Crippen LogP contribution in [0.25, 0.3) is 0 Å². The Morgan fingerprint density at radius 3 is 2.76 bits per heavy atom. The Kier molecular flexibility index (Phi) is 4.07. The van der Waals surface area contributed by atoms with E-state index in [9.17, 15) is 0 Å². The lowest BCUT2D eigenvalue weighted by Gasteiger charge is -2.23. The quantitative estimate of drug-likeness (QED) is 0.640. The van der Waals surface area contributed by atoms with Gasteiger partial charge in [0.05, 0.1) is 0 Å². The van der Waals surface area contributed by atoms with E-state index in [0.717, 1.165) is 36.5 Å². The van der Waals surface area contributed by atoms with Crippen molar-refractivity contribution in [1.29, 1.82) is 5.41 Å². The van der Waals surface area contributed by atoms with Crippen LogP contribution in [0.3, 0.4) is 0 Å². The average molecular weight is 250 g/mol. The summed E-state index contributed by atoms with van der Waals surface area (Å²) in [4.78, 5) is 1.16. The maximum Gasteiger partial charge on any atom is 0.123 e. The van der Waals surface area contributed by atoms with Crippen molar-refractivity contribution in [1.82, 2.24) is 0 Å². The fraction of sp³-hybridized carbons (Fsp3) is 0.462. The summed E-state index contributed by atoms with van der Waals surface area (Å²) in [5.41, 5.74) is 7.70. The molecule has 2 rings (SSSR count). The maximum absolute atomic E-state index is 7.63. The number of aryl methyl sites for hydroxylation is 1. The summed E-state index contributed by atoms with van der Waals surface area (Å²) in [6.45, 7) is 3.77. The van der Waals surface area contributed by atoms with Gasteiger partial charge in [0.25, 0.3) is 0 Å². The first-order valence-corrected chi connectivity index (χ1v) is 6.75. The van der Waals surface area contributed by atoms with E-state index < -0.39 is 0 Å². The summed E-state index contributed by atoms with van der Waals surface area (Å²) in [5.74, 6) is 0.156. The van der Waals surface area contributed by atoms with Gasteiger partial charge in [0.2, 0.25) is 0 Å². The standard InChI is InChI=1S/C13H18N2OS/c1-9-3-2-4-11(13(14)15)12(9)17-10-5-7-16-8-6-10/h2-4,10H,5-8H2,1H3,(H3,14,15). The molecule has 3 N–H and O–H groups in total. The minimum atomic E-state index is 0.156. The van der Waals surface area contributed by atoms with Crippen molar-refractivity contribution in [3.05, 3.63) is 29.3 Å². The topological polar surface area (TPSA) is 59.1 Å². The Morgan fingerprint density at radius 1 is 1.41 bits per heavy atom. The fourth-order valence-corrected chi connectivity index (χ4v) is 3.30. The molecule has 0 spiro atoms. The van der Waals surface area contributed by atoms with Crippen LogP contribution in [-0.4, -0.2) is 24.3 Å². The number of thioether (sulfide) groups is 1. The predicted octanol–water partition coefficient (Wildman–Crippen LogP) is 2.55. The van der Waals surface area contributed by atoms with E-state index in [1.807, 2.05) is 23.9 Å². The molecule has 0 unspecified atom stereocenters. The maximum atomic E-state index is 7.63. The number of amidine groups is 1. The second-order valence-electron chi connectivity index (χ2n) is 4.29. The Hall–Kier alpha value is -1.00. The minimum Gasteiger partial charge on any atom is -0.384 e. The van der Waals surface area contributed by atoms with Gasteiger partial charge in [0.1, 0.15) is 5.84 Å². The number of benzene rings is 1. The van der Waals surface area contributed by atoms with Crippen LogP contribution in [0.5, 0.6) is 0 Å². The summed E-state index contributed by atoms with van der Waals surface area (Å²) >= 11 is 1.85. The van der Waals surface area contributed by atoms with Crippen molar-refractivity contribution in [2.45, 2.75) is 29.9 Å². The van der Waals surface area contributed by atoms with Gasteiger partial charge in [-0.3, -0.25) is 5.41 Å². The molecule has 1 heterocycles. The summed E-state index contributed by atoms with van der Waals surface area (Å²) in [6.07, 6.45) is 2.16. The molecule has 17 heavy (non-hydrogen) atoms. The molecule has 4 heteroatoms. The van der Waals surface area contributed by atoms with Gasteiger partial charge >= 0.3 is 0 Å². The molecule has 0 amide bonds. The lowest BCUT2D eigenvalue weighted by Crippen LogP contribution is -2.19. The Balaban J connectivity index is 2.21. The van der Waals surface area contributed by atoms with Crippen molar-refractivity contribution in [2.75, 3.05) is 13.2 Å². The lowest BCUT2D eigenvalue weighted by atomic mass is 10.1. The summed E-state index contributed by atoms with van der Waals surface area (Å²) < 4.78 is 5.37. The van der Waals surface area contributed by atoms with E-state index in [1.54, 1.807) is 0 Å². The van der Waals surface area contributed by atoms with Gasteiger partial charge in [-0.15, -0.1) is 11.8 Å². The minimum absolute atomic E-state index is 0.156. The largest absolute Gasteiger partial charge is 0.384 e. The van der Waals surface area contributed by atoms with Crippen LogP contribution in [0.1, 0.15) is 24.0 Å². The van der Waals surface area contributed by atoms with Gasteiger partial charge in [-0.25, -0.2) is 0 Å². The van der Waals surface area contributed by atoms with Crippen LogP contribution >= 0.6 is 11.8 Å². The molecular formula is C13H18N2OS. The van der Waals surface area contributed by atoms with Crippen LogP contribution < -0.4 is 5.73 Å². The van der Waals surface area contributed by atoms with Crippen molar-refractivity contribution in [2.24, 2.45) is 5.73 Å². The Bertz CT molecular complexity index is 414. The number of hydrogen-bond acceptors (Lipinski definition) is 3. The molecule has 0 aliphatic carbocycles. The smallest absolute Gasteiger partial charge is 0.123 e. The van der Waals surface area contributed by atoms with Crippen LogP contribution in [-0.2, 0) is 4.74 Å². The first-order valence-electron chi connectivity index (χ1n) is 5.87. The zero-order valence-electron chi connectivity index (χ0n) is 10.0. The Morgan fingerprint density at radius 2 is 2.12 bits per heavy atom. The number of nitrogens with two attached hydrogens (primary N) is 1. The highest BCUT2D eigenvalue weighted by molar-refractivity contribution is 8.00. The van der Waals surface area contributed by atoms with E-state index in [1.165, 1.54) is 5.56 Å². The molecule has 0 aromatic heterocycles. The monoisotopic (exact) mass is 250 g/mol. The highest BCUT2D eigenvalue weighted by Crippen LogP contribution is 2.34. The molecule has 1 aliphatic rings. The third-order valence-electron chi connectivity index (χ3n) is 2.95. The Labute approximate surface area is 106 Å². The van der Waals surface area contributed by atoms with Crippen LogP contribution in [0.15, 0.2) is 23.1 Å². The molecule has 0 bridgehead atoms. The fourth-order valence-electron chi connectivity index (χ4n) is 1.98. The van der Waals surface area contributed by atoms with E-state index in [0.29, 0.717) is 5.25 Å². The molecule has 1 aliphatic heterocycles. The second-order valence-corrected chi connectivity index (χ2v) is 5.61. The lowest BCUT2D eigenvalue weighted by molar-refractivity contribution is 0.100. The number of nitrogens with one attached hydrogen (secondary N) is 1. The second kappa shape index (κ2) is 5.56. The van der Waals surface area contributed by atoms with Gasteiger partial charge in [-0.1, -0.05) is 18.2 Å². The third-order valence-corrected chi connectivity index (χ3v) is 4.54. The molecule has 0 atom stereocenters. The molecule has 3 nitrogen and oxygen atoms in total. The molecular weight excluding hydrogens is 232 g/mol. The molecule has 0 saturated carbocycles. The highest BCUT2D eigenvalue weighted by atomic mass is 32.2. The van der Waals surface area contributed by atoms with Crippen LogP contribution in [0.4, 0.5) is 0 Å². The molecule has 1 aromatic rings. The molecule has 0 radical (unpaired) electrons. The first kappa shape index (κ1) is 12.5. The summed E-state index contributed by atoms with van der Waals surface area (Å²) in [5, 5.41) is 8.22. The molecule has 92 valence electrons. The number of rotatable bonds is 3. The number of hydrogen-bond donors (Lipinski definition) is 2. The zero-order chi connectivity index (χ0) is 12.3. The summed E-state index contributed by atoms with van der Waals surface area (Å²) in [6, 6.07) is 5.96. The van der Waals surface area contributed by atoms with Crippen LogP contribution in [0, 0.1) is 12.3 Å². The highest BCUT2D eigenvalue weighted by Gasteiger charge is 2.18. The number of nitrogen functional groups attached to an aromatic ring is 1. The molecule has 1 saturated heterocycles. The normalized spacial score (nSPS) is 17.0. The zero-order valence-corrected chi connectivity index (χ0v) is 10.8. The van der Waals surface area contributed by atoms with E-state index in [2.05, 4.69) is 13.0 Å². The van der Waals surface area contributed by atoms with Crippen molar-refractivity contribution < 1.29 is 4.74 Å². The van der Waals surface area contributed by atoms with Crippen molar-refractivity contribution in [3.63, 3.8) is 0 Å². The molecule has 1 fully saturated rings. The van der Waals surface area contributed by atoms with Gasteiger partial charge in [-0.05, 0) is 25.3 Å². The van der Waals surface area contributed by atoms with E-state index in [-0.39, 0.29) is 5.84 Å². The van der Waals surface area contributed by atoms with Gasteiger partial charge in [0, 0.05) is 28.9 Å². The predicted molar refractivity (Wildman–Crippen MR) is 71.9 cm³/mol. The van der Waals surface area contributed by atoms with E-state index >= 15 is 0 Å². The average Bonchev–Trinajstić information content (AvgIpc) is 2.33. The van der Waals surface area contributed by atoms with Crippen LogP contribution in [0.2, 0.25) is 0 Å². The number of ether oxygens (including phenoxy) is 1. The molecule has 1 aromatic carbocycles. The van der Waals surface area contributed by atoms with Gasteiger partial charge < -0.3 is 10.5 Å². The summed E-state index contributed by atoms with van der Waals surface area (Å²) in [7, 11) is 0. The first-order chi connectivity index (χ1) is 8.18. The third kappa shape index (κ3) is 3.01.